The van der Waals surface area contributed by atoms with Gasteiger partial charge in [-0.2, -0.15) is 0 Å². The van der Waals surface area contributed by atoms with Gasteiger partial charge in [-0.05, 0) is 43.0 Å². The minimum Gasteiger partial charge on any atom is -0.490 e. The molecule has 4 nitrogen and oxygen atoms in total. The number of ether oxygens (including phenoxy) is 2. The Morgan fingerprint density at radius 2 is 1.93 bits per heavy atom. The van der Waals surface area contributed by atoms with Crippen LogP contribution >= 0.6 is 35.6 Å². The highest BCUT2D eigenvalue weighted by atomic mass is 35.5. The molecule has 29 heavy (non-hydrogen) atoms. The van der Waals surface area contributed by atoms with Crippen molar-refractivity contribution in [2.45, 2.75) is 32.4 Å². The number of thiocarbonyl (C=S) groups is 1. The van der Waals surface area contributed by atoms with Gasteiger partial charge in [0.05, 0.1) is 16.5 Å². The minimum atomic E-state index is -0.0408. The third kappa shape index (κ3) is 4.60. The summed E-state index contributed by atoms with van der Waals surface area (Å²) in [5, 5.41) is 0.494. The number of benzene rings is 2. The highest BCUT2D eigenvalue weighted by Crippen LogP contribution is 2.42. The van der Waals surface area contributed by atoms with Crippen LogP contribution in [0.25, 0.3) is 6.08 Å². The van der Waals surface area contributed by atoms with Crippen LogP contribution in [0.2, 0.25) is 5.02 Å². The molecular formula is C22H20ClNO3S2. The predicted molar refractivity (Wildman–Crippen MR) is 121 cm³/mol. The molecular weight excluding hydrogens is 426 g/mol. The first kappa shape index (κ1) is 20.3. The predicted octanol–water partition coefficient (Wildman–Crippen LogP) is 5.68. The van der Waals surface area contributed by atoms with Gasteiger partial charge in [-0.15, -0.1) is 0 Å². The van der Waals surface area contributed by atoms with E-state index in [0.717, 1.165) is 18.4 Å². The van der Waals surface area contributed by atoms with Crippen molar-refractivity contribution < 1.29 is 14.3 Å². The lowest BCUT2D eigenvalue weighted by molar-refractivity contribution is -0.122. The highest BCUT2D eigenvalue weighted by Gasteiger charge is 2.42. The second-order valence-electron chi connectivity index (χ2n) is 6.81. The van der Waals surface area contributed by atoms with E-state index in [9.17, 15) is 4.79 Å². The number of rotatable bonds is 7. The third-order valence-corrected chi connectivity index (χ3v) is 6.28. The van der Waals surface area contributed by atoms with Gasteiger partial charge < -0.3 is 9.47 Å². The molecule has 0 unspecified atom stereocenters. The summed E-state index contributed by atoms with van der Waals surface area (Å²) in [5.41, 5.74) is 1.76. The van der Waals surface area contributed by atoms with E-state index in [2.05, 4.69) is 0 Å². The van der Waals surface area contributed by atoms with Gasteiger partial charge in [0.2, 0.25) is 0 Å². The zero-order valence-corrected chi connectivity index (χ0v) is 18.3. The Balaban J connectivity index is 1.58. The van der Waals surface area contributed by atoms with Crippen molar-refractivity contribution in [3.05, 3.63) is 63.5 Å². The molecule has 1 heterocycles. The van der Waals surface area contributed by atoms with Gasteiger partial charge in [-0.25, -0.2) is 0 Å². The number of hydrogen-bond acceptors (Lipinski definition) is 5. The minimum absolute atomic E-state index is 0.0408. The summed E-state index contributed by atoms with van der Waals surface area (Å²) < 4.78 is 12.3. The highest BCUT2D eigenvalue weighted by molar-refractivity contribution is 8.26. The molecule has 2 aromatic rings. The molecule has 2 aromatic carbocycles. The van der Waals surface area contributed by atoms with E-state index in [4.69, 9.17) is 33.3 Å². The van der Waals surface area contributed by atoms with E-state index in [1.807, 2.05) is 43.3 Å². The fourth-order valence-electron chi connectivity index (χ4n) is 3.05. The van der Waals surface area contributed by atoms with Crippen LogP contribution in [0.1, 0.15) is 30.9 Å². The smallest absolute Gasteiger partial charge is 0.266 e. The van der Waals surface area contributed by atoms with Crippen LogP contribution < -0.4 is 9.47 Å². The molecule has 1 aliphatic carbocycles. The Morgan fingerprint density at radius 1 is 1.21 bits per heavy atom. The van der Waals surface area contributed by atoms with E-state index < -0.39 is 0 Å². The molecule has 4 rings (SSSR count). The standard InChI is InChI=1S/C22H20ClNO3S2/c1-2-26-18-10-15(11-20-21(25)24(16-8-9-16)22(28)29-20)17(23)12-19(18)27-13-14-6-4-3-5-7-14/h3-7,10-12,16H,2,8-9,13H2,1H3. The van der Waals surface area contributed by atoms with Crippen molar-refractivity contribution in [2.75, 3.05) is 6.61 Å². The molecule has 1 saturated heterocycles. The molecule has 7 heteroatoms. The third-order valence-electron chi connectivity index (χ3n) is 4.62. The molecule has 0 aromatic heterocycles. The normalized spacial score (nSPS) is 17.9. The Morgan fingerprint density at radius 3 is 2.62 bits per heavy atom. The van der Waals surface area contributed by atoms with Crippen molar-refractivity contribution in [1.82, 2.24) is 4.90 Å². The average Bonchev–Trinajstić information content (AvgIpc) is 3.50. The van der Waals surface area contributed by atoms with Gasteiger partial charge in [-0.1, -0.05) is 65.9 Å². The van der Waals surface area contributed by atoms with Crippen LogP contribution in [0, 0.1) is 0 Å². The van der Waals surface area contributed by atoms with Crippen molar-refractivity contribution in [3.63, 3.8) is 0 Å². The van der Waals surface area contributed by atoms with Gasteiger partial charge in [0.25, 0.3) is 5.91 Å². The molecule has 0 N–H and O–H groups in total. The molecule has 0 atom stereocenters. The lowest BCUT2D eigenvalue weighted by Crippen LogP contribution is -2.30. The monoisotopic (exact) mass is 445 g/mol. The Kier molecular flexibility index (Phi) is 6.13. The molecule has 2 fully saturated rings. The molecule has 1 saturated carbocycles. The largest absolute Gasteiger partial charge is 0.490 e. The van der Waals surface area contributed by atoms with Gasteiger partial charge in [0.1, 0.15) is 10.9 Å². The van der Waals surface area contributed by atoms with Gasteiger partial charge >= 0.3 is 0 Å². The summed E-state index contributed by atoms with van der Waals surface area (Å²) in [4.78, 5) is 15.0. The number of amides is 1. The number of carbonyl (C=O) groups excluding carboxylic acids is 1. The first-order valence-corrected chi connectivity index (χ1v) is 11.1. The van der Waals surface area contributed by atoms with Crippen molar-refractivity contribution in [1.29, 1.82) is 0 Å². The zero-order chi connectivity index (χ0) is 20.4. The summed E-state index contributed by atoms with van der Waals surface area (Å²) in [7, 11) is 0. The quantitative estimate of drug-likeness (QED) is 0.405. The van der Waals surface area contributed by atoms with Crippen molar-refractivity contribution in [2.24, 2.45) is 0 Å². The maximum Gasteiger partial charge on any atom is 0.266 e. The van der Waals surface area contributed by atoms with Gasteiger partial charge in [0.15, 0.2) is 11.5 Å². The first-order valence-electron chi connectivity index (χ1n) is 9.47. The molecule has 2 aliphatic rings. The second-order valence-corrected chi connectivity index (χ2v) is 8.89. The topological polar surface area (TPSA) is 38.8 Å². The zero-order valence-electron chi connectivity index (χ0n) is 15.9. The van der Waals surface area contributed by atoms with Crippen LogP contribution in [0.4, 0.5) is 0 Å². The number of thioether (sulfide) groups is 1. The van der Waals surface area contributed by atoms with Gasteiger partial charge in [0, 0.05) is 12.1 Å². The molecule has 0 radical (unpaired) electrons. The van der Waals surface area contributed by atoms with E-state index >= 15 is 0 Å². The Hall–Kier alpha value is -2.02. The first-order chi connectivity index (χ1) is 14.1. The number of halogens is 1. The van der Waals surface area contributed by atoms with E-state index in [1.165, 1.54) is 11.8 Å². The van der Waals surface area contributed by atoms with Crippen LogP contribution in [0.3, 0.4) is 0 Å². The summed E-state index contributed by atoms with van der Waals surface area (Å²) in [5.74, 6) is 1.13. The maximum absolute atomic E-state index is 12.7. The Labute approximate surface area is 184 Å². The number of nitrogens with zero attached hydrogens (tertiary/aromatic N) is 1. The lowest BCUT2D eigenvalue weighted by atomic mass is 10.1. The van der Waals surface area contributed by atoms with Gasteiger partial charge in [-0.3, -0.25) is 9.69 Å². The fourth-order valence-corrected chi connectivity index (χ4v) is 4.65. The molecule has 150 valence electrons. The Bertz CT molecular complexity index is 974. The summed E-state index contributed by atoms with van der Waals surface area (Å²) in [6.07, 6.45) is 3.82. The second kappa shape index (κ2) is 8.78. The average molecular weight is 446 g/mol. The molecule has 0 spiro atoms. The van der Waals surface area contributed by atoms with Crippen LogP contribution in [0.5, 0.6) is 11.5 Å². The number of hydrogen-bond donors (Lipinski definition) is 0. The van der Waals surface area contributed by atoms with E-state index in [-0.39, 0.29) is 11.9 Å². The molecule has 0 bridgehead atoms. The maximum atomic E-state index is 12.7. The molecule has 1 aliphatic heterocycles. The van der Waals surface area contributed by atoms with E-state index in [1.54, 1.807) is 17.0 Å². The van der Waals surface area contributed by atoms with Crippen molar-refractivity contribution in [3.8, 4) is 11.5 Å². The summed E-state index contributed by atoms with van der Waals surface area (Å²) >= 11 is 13.2. The lowest BCUT2D eigenvalue weighted by Gasteiger charge is -2.14. The molecule has 1 amide bonds. The van der Waals surface area contributed by atoms with E-state index in [0.29, 0.717) is 44.5 Å². The van der Waals surface area contributed by atoms with Crippen LogP contribution in [0.15, 0.2) is 47.4 Å². The van der Waals surface area contributed by atoms with Crippen LogP contribution in [-0.2, 0) is 11.4 Å². The summed E-state index contributed by atoms with van der Waals surface area (Å²) in [6.45, 7) is 2.82. The SMILES string of the molecule is CCOc1cc(C=C2SC(=S)N(C3CC3)C2=O)c(Cl)cc1OCc1ccccc1. The van der Waals surface area contributed by atoms with Crippen LogP contribution in [-0.4, -0.2) is 27.8 Å². The van der Waals surface area contributed by atoms with Crippen molar-refractivity contribution >= 4 is 51.9 Å². The summed E-state index contributed by atoms with van der Waals surface area (Å²) in [6, 6.07) is 13.7. The fraction of sp³-hybridized carbons (Fsp3) is 0.273. The number of carbonyl (C=O) groups is 1.